The molecule has 3 N–H and O–H groups in total. The molecule has 19 heavy (non-hydrogen) atoms. The summed E-state index contributed by atoms with van der Waals surface area (Å²) < 4.78 is 0. The maximum atomic E-state index is 12.2. The molecule has 0 spiro atoms. The van der Waals surface area contributed by atoms with Crippen LogP contribution in [-0.4, -0.2) is 5.91 Å². The molecule has 4 heteroatoms. The van der Waals surface area contributed by atoms with Crippen molar-refractivity contribution in [2.45, 2.75) is 13.8 Å². The fourth-order valence-electron chi connectivity index (χ4n) is 1.90. The molecule has 98 valence electrons. The Labute approximate surface area is 117 Å². The van der Waals surface area contributed by atoms with Crippen LogP contribution in [0.25, 0.3) is 0 Å². The van der Waals surface area contributed by atoms with Crippen molar-refractivity contribution < 1.29 is 4.79 Å². The van der Waals surface area contributed by atoms with Gasteiger partial charge >= 0.3 is 0 Å². The van der Waals surface area contributed by atoms with Crippen LogP contribution in [0.5, 0.6) is 0 Å². The molecular formula is C15H15ClN2O. The molecule has 0 aromatic heterocycles. The smallest absolute Gasteiger partial charge is 0.255 e. The van der Waals surface area contributed by atoms with E-state index in [4.69, 9.17) is 17.3 Å². The minimum atomic E-state index is -0.150. The Bertz CT molecular complexity index is 638. The third-order valence-corrected chi connectivity index (χ3v) is 3.17. The molecule has 2 aromatic rings. The van der Waals surface area contributed by atoms with Crippen molar-refractivity contribution in [2.24, 2.45) is 0 Å². The molecule has 1 amide bonds. The van der Waals surface area contributed by atoms with Gasteiger partial charge < -0.3 is 11.1 Å². The summed E-state index contributed by atoms with van der Waals surface area (Å²) in [4.78, 5) is 12.2. The first-order valence-electron chi connectivity index (χ1n) is 5.91. The summed E-state index contributed by atoms with van der Waals surface area (Å²) in [6.45, 7) is 3.76. The van der Waals surface area contributed by atoms with Gasteiger partial charge in [-0.2, -0.15) is 0 Å². The Morgan fingerprint density at radius 1 is 1.11 bits per heavy atom. The average Bonchev–Trinajstić information content (AvgIpc) is 2.32. The monoisotopic (exact) mass is 274 g/mol. The lowest BCUT2D eigenvalue weighted by atomic mass is 10.1. The van der Waals surface area contributed by atoms with Crippen LogP contribution >= 0.6 is 11.6 Å². The number of halogens is 1. The second-order valence-electron chi connectivity index (χ2n) is 4.49. The van der Waals surface area contributed by atoms with Gasteiger partial charge in [-0.15, -0.1) is 0 Å². The summed E-state index contributed by atoms with van der Waals surface area (Å²) in [7, 11) is 0. The zero-order valence-corrected chi connectivity index (χ0v) is 11.6. The molecule has 2 aromatic carbocycles. The van der Waals surface area contributed by atoms with Crippen LogP contribution in [-0.2, 0) is 0 Å². The van der Waals surface area contributed by atoms with Gasteiger partial charge in [-0.05, 0) is 61.4 Å². The van der Waals surface area contributed by atoms with Crippen molar-refractivity contribution in [1.82, 2.24) is 0 Å². The van der Waals surface area contributed by atoms with Crippen molar-refractivity contribution in [3.63, 3.8) is 0 Å². The van der Waals surface area contributed by atoms with Crippen molar-refractivity contribution >= 4 is 28.9 Å². The molecule has 0 heterocycles. The van der Waals surface area contributed by atoms with Crippen LogP contribution in [0, 0.1) is 13.8 Å². The molecule has 0 saturated heterocycles. The highest BCUT2D eigenvalue weighted by Gasteiger charge is 2.10. The first kappa shape index (κ1) is 13.4. The molecule has 3 nitrogen and oxygen atoms in total. The molecule has 0 bridgehead atoms. The SMILES string of the molecule is Cc1cc(Cl)ccc1NC(=O)c1ccc(N)cc1C. The predicted octanol–water partition coefficient (Wildman–Crippen LogP) is 3.79. The van der Waals surface area contributed by atoms with Gasteiger partial charge in [0.05, 0.1) is 0 Å². The zero-order chi connectivity index (χ0) is 14.0. The van der Waals surface area contributed by atoms with Gasteiger partial charge in [0, 0.05) is 22.0 Å². The highest BCUT2D eigenvalue weighted by molar-refractivity contribution is 6.30. The van der Waals surface area contributed by atoms with E-state index in [2.05, 4.69) is 5.32 Å². The first-order chi connectivity index (χ1) is 8.97. The number of hydrogen-bond donors (Lipinski definition) is 2. The molecule has 0 fully saturated rings. The first-order valence-corrected chi connectivity index (χ1v) is 6.29. The highest BCUT2D eigenvalue weighted by atomic mass is 35.5. The maximum absolute atomic E-state index is 12.2. The standard InChI is InChI=1S/C15H15ClN2O/c1-9-8-12(17)4-5-13(9)15(19)18-14-6-3-11(16)7-10(14)2/h3-8H,17H2,1-2H3,(H,18,19). The van der Waals surface area contributed by atoms with Crippen LogP contribution in [0.4, 0.5) is 11.4 Å². The molecule has 2 rings (SSSR count). The summed E-state index contributed by atoms with van der Waals surface area (Å²) >= 11 is 5.89. The van der Waals surface area contributed by atoms with Crippen molar-refractivity contribution in [1.29, 1.82) is 0 Å². The van der Waals surface area contributed by atoms with Crippen LogP contribution in [0.15, 0.2) is 36.4 Å². The quantitative estimate of drug-likeness (QED) is 0.819. The maximum Gasteiger partial charge on any atom is 0.255 e. The van der Waals surface area contributed by atoms with Gasteiger partial charge in [-0.25, -0.2) is 0 Å². The number of aryl methyl sites for hydroxylation is 2. The Hall–Kier alpha value is -2.00. The van der Waals surface area contributed by atoms with Crippen LogP contribution in [0.2, 0.25) is 5.02 Å². The lowest BCUT2D eigenvalue weighted by Crippen LogP contribution is -2.14. The van der Waals surface area contributed by atoms with E-state index in [1.54, 1.807) is 30.3 Å². The van der Waals surface area contributed by atoms with Gasteiger partial charge in [0.2, 0.25) is 0 Å². The number of carbonyl (C=O) groups is 1. The second kappa shape index (κ2) is 5.33. The number of nitrogens with two attached hydrogens (primary N) is 1. The van der Waals surface area contributed by atoms with Crippen LogP contribution < -0.4 is 11.1 Å². The number of carbonyl (C=O) groups excluding carboxylic acids is 1. The fourth-order valence-corrected chi connectivity index (χ4v) is 2.13. The summed E-state index contributed by atoms with van der Waals surface area (Å²) in [6, 6.07) is 10.6. The molecule has 0 aliphatic carbocycles. The second-order valence-corrected chi connectivity index (χ2v) is 4.92. The number of nitrogen functional groups attached to an aromatic ring is 1. The normalized spacial score (nSPS) is 10.3. The van der Waals surface area contributed by atoms with Gasteiger partial charge in [-0.3, -0.25) is 4.79 Å². The largest absolute Gasteiger partial charge is 0.399 e. The van der Waals surface area contributed by atoms with Crippen molar-refractivity contribution in [3.8, 4) is 0 Å². The van der Waals surface area contributed by atoms with E-state index in [9.17, 15) is 4.79 Å². The van der Waals surface area contributed by atoms with E-state index in [0.29, 0.717) is 16.3 Å². The van der Waals surface area contributed by atoms with Crippen molar-refractivity contribution in [3.05, 3.63) is 58.1 Å². The number of rotatable bonds is 2. The molecular weight excluding hydrogens is 260 g/mol. The zero-order valence-electron chi connectivity index (χ0n) is 10.8. The van der Waals surface area contributed by atoms with E-state index >= 15 is 0 Å². The third kappa shape index (κ3) is 3.06. The van der Waals surface area contributed by atoms with Gasteiger partial charge in [-0.1, -0.05) is 11.6 Å². The van der Waals surface area contributed by atoms with E-state index in [0.717, 1.165) is 16.8 Å². The molecule has 0 unspecified atom stereocenters. The van der Waals surface area contributed by atoms with Gasteiger partial charge in [0.25, 0.3) is 5.91 Å². The van der Waals surface area contributed by atoms with E-state index in [-0.39, 0.29) is 5.91 Å². The third-order valence-electron chi connectivity index (χ3n) is 2.93. The Kier molecular flexibility index (Phi) is 3.76. The number of anilines is 2. The molecule has 0 aliphatic rings. The highest BCUT2D eigenvalue weighted by Crippen LogP contribution is 2.21. The number of hydrogen-bond acceptors (Lipinski definition) is 2. The van der Waals surface area contributed by atoms with E-state index < -0.39 is 0 Å². The predicted molar refractivity (Wildman–Crippen MR) is 79.7 cm³/mol. The number of nitrogens with one attached hydrogen (secondary N) is 1. The number of amides is 1. The average molecular weight is 275 g/mol. The van der Waals surface area contributed by atoms with E-state index in [1.165, 1.54) is 0 Å². The van der Waals surface area contributed by atoms with Crippen LogP contribution in [0.1, 0.15) is 21.5 Å². The molecule has 0 aliphatic heterocycles. The Morgan fingerprint density at radius 2 is 1.84 bits per heavy atom. The fraction of sp³-hybridized carbons (Fsp3) is 0.133. The van der Waals surface area contributed by atoms with Gasteiger partial charge in [0.1, 0.15) is 0 Å². The lowest BCUT2D eigenvalue weighted by molar-refractivity contribution is 0.102. The Balaban J connectivity index is 2.25. The lowest BCUT2D eigenvalue weighted by Gasteiger charge is -2.10. The summed E-state index contributed by atoms with van der Waals surface area (Å²) in [5.74, 6) is -0.150. The van der Waals surface area contributed by atoms with Crippen LogP contribution in [0.3, 0.4) is 0 Å². The van der Waals surface area contributed by atoms with E-state index in [1.807, 2.05) is 19.9 Å². The van der Waals surface area contributed by atoms with Crippen molar-refractivity contribution in [2.75, 3.05) is 11.1 Å². The topological polar surface area (TPSA) is 55.1 Å². The summed E-state index contributed by atoms with van der Waals surface area (Å²) in [6.07, 6.45) is 0. The van der Waals surface area contributed by atoms with Gasteiger partial charge in [0.15, 0.2) is 0 Å². The Morgan fingerprint density at radius 3 is 2.47 bits per heavy atom. The number of benzene rings is 2. The summed E-state index contributed by atoms with van der Waals surface area (Å²) in [5, 5.41) is 3.53. The molecule has 0 radical (unpaired) electrons. The molecule has 0 atom stereocenters. The minimum Gasteiger partial charge on any atom is -0.399 e. The molecule has 0 saturated carbocycles. The minimum absolute atomic E-state index is 0.150. The summed E-state index contributed by atoms with van der Waals surface area (Å²) in [5.41, 5.74) is 9.47.